The molecule has 0 unspecified atom stereocenters. The van der Waals surface area contributed by atoms with Crippen LogP contribution >= 0.6 is 11.3 Å². The first-order chi connectivity index (χ1) is 9.02. The maximum Gasteiger partial charge on any atom is 0.212 e. The first-order valence-electron chi connectivity index (χ1n) is 6.30. The molecule has 2 rings (SSSR count). The molecule has 2 aromatic rings. The average Bonchev–Trinajstić information content (AvgIpc) is 2.82. The van der Waals surface area contributed by atoms with Crippen LogP contribution in [0.1, 0.15) is 37.7 Å². The Kier molecular flexibility index (Phi) is 4.12. The molecule has 0 amide bonds. The zero-order valence-corrected chi connectivity index (χ0v) is 12.3. The van der Waals surface area contributed by atoms with Crippen LogP contribution < -0.4 is 5.73 Å². The highest BCUT2D eigenvalue weighted by molar-refractivity contribution is 7.09. The largest absolute Gasteiger partial charge is 0.330 e. The smallest absolute Gasteiger partial charge is 0.212 e. The van der Waals surface area contributed by atoms with Gasteiger partial charge in [0.05, 0.1) is 5.01 Å². The van der Waals surface area contributed by atoms with E-state index in [4.69, 9.17) is 5.73 Å². The molecule has 0 saturated carbocycles. The standard InChI is InChI=1S/C15H18N2OS/c1-9-6-11(3)12(7-10(9)2)15(18)13-8-19-14(17-13)4-5-16/h6-8H,4-5,16H2,1-3H3. The van der Waals surface area contributed by atoms with E-state index in [9.17, 15) is 4.79 Å². The Balaban J connectivity index is 2.35. The Morgan fingerprint density at radius 3 is 2.58 bits per heavy atom. The zero-order valence-electron chi connectivity index (χ0n) is 11.5. The molecule has 0 fully saturated rings. The van der Waals surface area contributed by atoms with Crippen molar-refractivity contribution in [3.8, 4) is 0 Å². The lowest BCUT2D eigenvalue weighted by atomic mass is 9.97. The van der Waals surface area contributed by atoms with Gasteiger partial charge in [-0.15, -0.1) is 11.3 Å². The van der Waals surface area contributed by atoms with Gasteiger partial charge in [0.25, 0.3) is 0 Å². The van der Waals surface area contributed by atoms with Gasteiger partial charge >= 0.3 is 0 Å². The van der Waals surface area contributed by atoms with E-state index in [1.165, 1.54) is 16.9 Å². The lowest BCUT2D eigenvalue weighted by Crippen LogP contribution is -2.07. The van der Waals surface area contributed by atoms with Crippen LogP contribution in [0.15, 0.2) is 17.5 Å². The maximum absolute atomic E-state index is 12.5. The van der Waals surface area contributed by atoms with Crippen molar-refractivity contribution < 1.29 is 4.79 Å². The Morgan fingerprint density at radius 2 is 1.89 bits per heavy atom. The zero-order chi connectivity index (χ0) is 14.0. The predicted molar refractivity (Wildman–Crippen MR) is 79.0 cm³/mol. The fourth-order valence-corrected chi connectivity index (χ4v) is 2.79. The number of aryl methyl sites for hydroxylation is 3. The highest BCUT2D eigenvalue weighted by Gasteiger charge is 2.16. The Hall–Kier alpha value is -1.52. The SMILES string of the molecule is Cc1cc(C)c(C(=O)c2csc(CCN)n2)cc1C. The van der Waals surface area contributed by atoms with Crippen molar-refractivity contribution in [1.29, 1.82) is 0 Å². The van der Waals surface area contributed by atoms with E-state index in [-0.39, 0.29) is 5.78 Å². The summed E-state index contributed by atoms with van der Waals surface area (Å²) >= 11 is 1.50. The van der Waals surface area contributed by atoms with Gasteiger partial charge in [-0.3, -0.25) is 4.79 Å². The summed E-state index contributed by atoms with van der Waals surface area (Å²) in [4.78, 5) is 16.8. The van der Waals surface area contributed by atoms with Crippen molar-refractivity contribution in [2.45, 2.75) is 27.2 Å². The van der Waals surface area contributed by atoms with Gasteiger partial charge < -0.3 is 5.73 Å². The van der Waals surface area contributed by atoms with Crippen molar-refractivity contribution in [1.82, 2.24) is 4.98 Å². The van der Waals surface area contributed by atoms with E-state index >= 15 is 0 Å². The summed E-state index contributed by atoms with van der Waals surface area (Å²) < 4.78 is 0. The Morgan fingerprint density at radius 1 is 1.21 bits per heavy atom. The number of nitrogens with zero attached hydrogens (tertiary/aromatic N) is 1. The molecule has 2 N–H and O–H groups in total. The molecule has 19 heavy (non-hydrogen) atoms. The van der Waals surface area contributed by atoms with Gasteiger partial charge in [-0.2, -0.15) is 0 Å². The van der Waals surface area contributed by atoms with Crippen molar-refractivity contribution in [2.75, 3.05) is 6.54 Å². The number of ketones is 1. The molecule has 0 radical (unpaired) electrons. The van der Waals surface area contributed by atoms with Crippen molar-refractivity contribution >= 4 is 17.1 Å². The molecular weight excluding hydrogens is 256 g/mol. The molecule has 100 valence electrons. The van der Waals surface area contributed by atoms with Crippen LogP contribution in [0.25, 0.3) is 0 Å². The van der Waals surface area contributed by atoms with Gasteiger partial charge in [-0.25, -0.2) is 4.98 Å². The molecule has 1 aromatic carbocycles. The summed E-state index contributed by atoms with van der Waals surface area (Å²) in [5, 5.41) is 2.74. The summed E-state index contributed by atoms with van der Waals surface area (Å²) in [5.74, 6) is 0.000112. The summed E-state index contributed by atoms with van der Waals surface area (Å²) in [6.07, 6.45) is 0.726. The average molecular weight is 274 g/mol. The van der Waals surface area contributed by atoms with E-state index in [0.29, 0.717) is 12.2 Å². The second-order valence-corrected chi connectivity index (χ2v) is 5.69. The number of hydrogen-bond acceptors (Lipinski definition) is 4. The third-order valence-electron chi connectivity index (χ3n) is 3.23. The minimum absolute atomic E-state index is 0.000112. The maximum atomic E-state index is 12.5. The monoisotopic (exact) mass is 274 g/mol. The van der Waals surface area contributed by atoms with Crippen LogP contribution in [-0.2, 0) is 6.42 Å². The van der Waals surface area contributed by atoms with Gasteiger partial charge in [0.15, 0.2) is 0 Å². The van der Waals surface area contributed by atoms with Gasteiger partial charge in [0.2, 0.25) is 5.78 Å². The lowest BCUT2D eigenvalue weighted by Gasteiger charge is -2.07. The molecule has 4 heteroatoms. The van der Waals surface area contributed by atoms with E-state index < -0.39 is 0 Å². The van der Waals surface area contributed by atoms with Crippen LogP contribution in [0.4, 0.5) is 0 Å². The number of carbonyl (C=O) groups excluding carboxylic acids is 1. The van der Waals surface area contributed by atoms with Crippen LogP contribution in [0.2, 0.25) is 0 Å². The molecule has 0 aliphatic carbocycles. The summed E-state index contributed by atoms with van der Waals surface area (Å²) in [6.45, 7) is 6.60. The van der Waals surface area contributed by atoms with Crippen LogP contribution in [-0.4, -0.2) is 17.3 Å². The molecular formula is C15H18N2OS. The van der Waals surface area contributed by atoms with E-state index in [1.807, 2.05) is 25.3 Å². The number of carbonyl (C=O) groups is 1. The second-order valence-electron chi connectivity index (χ2n) is 4.75. The third-order valence-corrected chi connectivity index (χ3v) is 4.14. The summed E-state index contributed by atoms with van der Waals surface area (Å²) in [5.41, 5.74) is 10.1. The van der Waals surface area contributed by atoms with Gasteiger partial charge in [0, 0.05) is 17.4 Å². The normalized spacial score (nSPS) is 10.7. The fraction of sp³-hybridized carbons (Fsp3) is 0.333. The molecule has 0 aliphatic heterocycles. The van der Waals surface area contributed by atoms with Crippen LogP contribution in [0.3, 0.4) is 0 Å². The van der Waals surface area contributed by atoms with Crippen LogP contribution in [0, 0.1) is 20.8 Å². The van der Waals surface area contributed by atoms with E-state index in [2.05, 4.69) is 18.0 Å². The number of nitrogens with two attached hydrogens (primary N) is 1. The Bertz CT molecular complexity index is 617. The number of rotatable bonds is 4. The number of hydrogen-bond donors (Lipinski definition) is 1. The number of aromatic nitrogens is 1. The van der Waals surface area contributed by atoms with Crippen molar-refractivity contribution in [2.24, 2.45) is 5.73 Å². The number of benzene rings is 1. The second kappa shape index (κ2) is 5.63. The molecule has 0 bridgehead atoms. The van der Waals surface area contributed by atoms with Gasteiger partial charge in [0.1, 0.15) is 5.69 Å². The first-order valence-corrected chi connectivity index (χ1v) is 7.18. The molecule has 3 nitrogen and oxygen atoms in total. The molecule has 0 aliphatic rings. The molecule has 0 spiro atoms. The highest BCUT2D eigenvalue weighted by atomic mass is 32.1. The van der Waals surface area contributed by atoms with E-state index in [1.54, 1.807) is 0 Å². The molecule has 0 saturated heterocycles. The minimum atomic E-state index is 0.000112. The molecule has 1 aromatic heterocycles. The van der Waals surface area contributed by atoms with Crippen LogP contribution in [0.5, 0.6) is 0 Å². The predicted octanol–water partition coefficient (Wildman–Crippen LogP) is 2.80. The summed E-state index contributed by atoms with van der Waals surface area (Å²) in [6, 6.07) is 4.00. The summed E-state index contributed by atoms with van der Waals surface area (Å²) in [7, 11) is 0. The van der Waals surface area contributed by atoms with Crippen molar-refractivity contribution in [3.63, 3.8) is 0 Å². The molecule has 1 heterocycles. The van der Waals surface area contributed by atoms with E-state index in [0.717, 1.165) is 28.1 Å². The van der Waals surface area contributed by atoms with Gasteiger partial charge in [-0.05, 0) is 50.1 Å². The van der Waals surface area contributed by atoms with Crippen molar-refractivity contribution in [3.05, 3.63) is 50.5 Å². The van der Waals surface area contributed by atoms with Gasteiger partial charge in [-0.1, -0.05) is 6.07 Å². The molecule has 0 atom stereocenters. The number of thiazole rings is 1. The topological polar surface area (TPSA) is 56.0 Å². The third kappa shape index (κ3) is 2.91. The Labute approximate surface area is 117 Å². The highest BCUT2D eigenvalue weighted by Crippen LogP contribution is 2.20. The lowest BCUT2D eigenvalue weighted by molar-refractivity contribution is 0.103. The fourth-order valence-electron chi connectivity index (χ4n) is 2.00. The minimum Gasteiger partial charge on any atom is -0.330 e. The first kappa shape index (κ1) is 13.9. The quantitative estimate of drug-likeness (QED) is 0.872.